The summed E-state index contributed by atoms with van der Waals surface area (Å²) < 4.78 is 18.7. The molecule has 1 saturated heterocycles. The van der Waals surface area contributed by atoms with Gasteiger partial charge in [0.25, 0.3) is 0 Å². The molecule has 24 heavy (non-hydrogen) atoms. The van der Waals surface area contributed by atoms with Crippen LogP contribution in [0.1, 0.15) is 18.4 Å². The number of hydrogen-bond acceptors (Lipinski definition) is 5. The molecule has 1 aromatic rings. The molecule has 0 N–H and O–H groups in total. The highest BCUT2D eigenvalue weighted by Crippen LogP contribution is 2.19. The van der Waals surface area contributed by atoms with Crippen LogP contribution in [0, 0.1) is 34.4 Å². The van der Waals surface area contributed by atoms with Crippen LogP contribution in [-0.2, 0) is 6.54 Å². The molecule has 1 heterocycles. The molecule has 0 aromatic heterocycles. The largest absolute Gasteiger partial charge is 0.494 e. The second kappa shape index (κ2) is 9.22. The topological polar surface area (TPSA) is 63.3 Å². The van der Waals surface area contributed by atoms with Gasteiger partial charge in [-0.1, -0.05) is 6.07 Å². The highest BCUT2D eigenvalue weighted by atomic mass is 19.1. The smallest absolute Gasteiger partial charge is 0.165 e. The van der Waals surface area contributed by atoms with Gasteiger partial charge in [-0.25, -0.2) is 4.39 Å². The Kier molecular flexibility index (Phi) is 6.99. The van der Waals surface area contributed by atoms with E-state index in [2.05, 4.69) is 21.9 Å². The number of nitrogens with zero attached hydrogens (tertiary/aromatic N) is 4. The fraction of sp³-hybridized carbons (Fsp3) is 0.556. The molecule has 0 radical (unpaired) electrons. The lowest BCUT2D eigenvalue weighted by molar-refractivity contribution is 0.118. The molecule has 0 aliphatic carbocycles. The van der Waals surface area contributed by atoms with Crippen molar-refractivity contribution in [3.8, 4) is 17.9 Å². The summed E-state index contributed by atoms with van der Waals surface area (Å²) in [5, 5.41) is 17.8. The number of hydrogen-bond donors (Lipinski definition) is 0. The Morgan fingerprint density at radius 1 is 1.21 bits per heavy atom. The van der Waals surface area contributed by atoms with Gasteiger partial charge in [-0.15, -0.1) is 0 Å². The highest BCUT2D eigenvalue weighted by Gasteiger charge is 2.20. The summed E-state index contributed by atoms with van der Waals surface area (Å²) in [6.07, 6.45) is 1.07. The zero-order valence-electron chi connectivity index (χ0n) is 14.0. The van der Waals surface area contributed by atoms with Gasteiger partial charge in [-0.3, -0.25) is 9.80 Å². The summed E-state index contributed by atoms with van der Waals surface area (Å²) in [5.74, 6) is -0.140. The van der Waals surface area contributed by atoms with E-state index in [0.717, 1.165) is 38.3 Å². The summed E-state index contributed by atoms with van der Waals surface area (Å²) in [5.41, 5.74) is 0.936. The first kappa shape index (κ1) is 18.2. The van der Waals surface area contributed by atoms with Gasteiger partial charge < -0.3 is 4.74 Å². The second-order valence-electron chi connectivity index (χ2n) is 6.07. The van der Waals surface area contributed by atoms with E-state index in [1.54, 1.807) is 6.07 Å². The molecule has 0 spiro atoms. The fourth-order valence-corrected chi connectivity index (χ4v) is 2.94. The van der Waals surface area contributed by atoms with E-state index in [1.807, 2.05) is 6.07 Å². The molecular formula is C18H23FN4O. The first-order valence-electron chi connectivity index (χ1n) is 8.20. The van der Waals surface area contributed by atoms with Gasteiger partial charge in [0.1, 0.15) is 0 Å². The van der Waals surface area contributed by atoms with Gasteiger partial charge in [-0.2, -0.15) is 10.5 Å². The van der Waals surface area contributed by atoms with Gasteiger partial charge >= 0.3 is 0 Å². The third-order valence-corrected chi connectivity index (χ3v) is 4.35. The van der Waals surface area contributed by atoms with Crippen LogP contribution in [0.4, 0.5) is 4.39 Å². The van der Waals surface area contributed by atoms with Crippen LogP contribution < -0.4 is 4.74 Å². The van der Waals surface area contributed by atoms with E-state index in [4.69, 9.17) is 15.3 Å². The monoisotopic (exact) mass is 330 g/mol. The van der Waals surface area contributed by atoms with Crippen molar-refractivity contribution >= 4 is 0 Å². The molecule has 1 unspecified atom stereocenters. The van der Waals surface area contributed by atoms with E-state index in [1.165, 1.54) is 13.2 Å². The molecule has 6 heteroatoms. The Balaban J connectivity index is 1.79. The molecule has 1 aliphatic heterocycles. The number of ether oxygens (including phenoxy) is 1. The van der Waals surface area contributed by atoms with Crippen molar-refractivity contribution in [1.29, 1.82) is 10.5 Å². The molecule has 5 nitrogen and oxygen atoms in total. The summed E-state index contributed by atoms with van der Waals surface area (Å²) >= 11 is 0. The zero-order chi connectivity index (χ0) is 17.4. The third kappa shape index (κ3) is 5.19. The molecule has 0 bridgehead atoms. The minimum atomic E-state index is -0.331. The maximum atomic E-state index is 13.7. The number of nitriles is 2. The summed E-state index contributed by atoms with van der Waals surface area (Å²) in [6.45, 7) is 5.01. The number of methoxy groups -OCH3 is 1. The van der Waals surface area contributed by atoms with Crippen molar-refractivity contribution in [2.75, 3.05) is 39.8 Å². The Labute approximate surface area is 142 Å². The quantitative estimate of drug-likeness (QED) is 0.768. The minimum absolute atomic E-state index is 0.0770. The first-order valence-corrected chi connectivity index (χ1v) is 8.20. The number of rotatable bonds is 7. The maximum Gasteiger partial charge on any atom is 0.165 e. The normalized spacial score (nSPS) is 17.0. The lowest BCUT2D eigenvalue weighted by Gasteiger charge is -2.35. The molecule has 1 atom stereocenters. The second-order valence-corrected chi connectivity index (χ2v) is 6.07. The van der Waals surface area contributed by atoms with Crippen LogP contribution in [0.3, 0.4) is 0 Å². The lowest BCUT2D eigenvalue weighted by Crippen LogP contribution is -2.47. The summed E-state index contributed by atoms with van der Waals surface area (Å²) in [4.78, 5) is 4.56. The maximum absolute atomic E-state index is 13.7. The van der Waals surface area contributed by atoms with Crippen molar-refractivity contribution in [2.45, 2.75) is 19.4 Å². The van der Waals surface area contributed by atoms with E-state index >= 15 is 0 Å². The van der Waals surface area contributed by atoms with E-state index in [0.29, 0.717) is 19.4 Å². The van der Waals surface area contributed by atoms with Gasteiger partial charge in [0, 0.05) is 45.7 Å². The third-order valence-electron chi connectivity index (χ3n) is 4.35. The van der Waals surface area contributed by atoms with Crippen molar-refractivity contribution in [1.82, 2.24) is 9.80 Å². The predicted octanol–water partition coefficient (Wildman–Crippen LogP) is 2.40. The number of benzene rings is 1. The van der Waals surface area contributed by atoms with Gasteiger partial charge in [0.2, 0.25) is 0 Å². The van der Waals surface area contributed by atoms with Crippen molar-refractivity contribution in [2.24, 2.45) is 5.92 Å². The molecule has 1 aromatic carbocycles. The van der Waals surface area contributed by atoms with E-state index in [-0.39, 0.29) is 17.5 Å². The molecule has 0 amide bonds. The van der Waals surface area contributed by atoms with Crippen molar-refractivity contribution in [3.05, 3.63) is 29.6 Å². The van der Waals surface area contributed by atoms with Gasteiger partial charge in [0.15, 0.2) is 11.6 Å². The lowest BCUT2D eigenvalue weighted by atomic mass is 10.0. The SMILES string of the molecule is COc1ccc(CN2CCN(CC(C#N)CCC#N)CC2)cc1F. The Hall–Kier alpha value is -2.15. The average molecular weight is 330 g/mol. The molecular weight excluding hydrogens is 307 g/mol. The van der Waals surface area contributed by atoms with Crippen molar-refractivity contribution < 1.29 is 9.13 Å². The van der Waals surface area contributed by atoms with E-state index < -0.39 is 0 Å². The Bertz CT molecular complexity index is 614. The molecule has 2 rings (SSSR count). The molecule has 1 aliphatic rings. The van der Waals surface area contributed by atoms with Gasteiger partial charge in [0.05, 0.1) is 25.2 Å². The van der Waals surface area contributed by atoms with Crippen LogP contribution in [0.25, 0.3) is 0 Å². The Morgan fingerprint density at radius 2 is 1.92 bits per heavy atom. The van der Waals surface area contributed by atoms with Gasteiger partial charge in [-0.05, 0) is 24.1 Å². The molecule has 128 valence electrons. The molecule has 1 fully saturated rings. The first-order chi connectivity index (χ1) is 11.7. The predicted molar refractivity (Wildman–Crippen MR) is 88.6 cm³/mol. The minimum Gasteiger partial charge on any atom is -0.494 e. The van der Waals surface area contributed by atoms with Crippen LogP contribution in [0.2, 0.25) is 0 Å². The van der Waals surface area contributed by atoms with Crippen LogP contribution in [-0.4, -0.2) is 49.6 Å². The van der Waals surface area contributed by atoms with Crippen molar-refractivity contribution in [3.63, 3.8) is 0 Å². The fourth-order valence-electron chi connectivity index (χ4n) is 2.94. The molecule has 0 saturated carbocycles. The van der Waals surface area contributed by atoms with Crippen LogP contribution in [0.15, 0.2) is 18.2 Å². The summed E-state index contributed by atoms with van der Waals surface area (Å²) in [6, 6.07) is 9.47. The van der Waals surface area contributed by atoms with E-state index in [9.17, 15) is 4.39 Å². The Morgan fingerprint density at radius 3 is 2.50 bits per heavy atom. The highest BCUT2D eigenvalue weighted by molar-refractivity contribution is 5.29. The van der Waals surface area contributed by atoms with Crippen LogP contribution >= 0.6 is 0 Å². The zero-order valence-corrected chi connectivity index (χ0v) is 14.0. The number of halogens is 1. The average Bonchev–Trinajstić information content (AvgIpc) is 2.60. The number of piperazine rings is 1. The van der Waals surface area contributed by atoms with Crippen LogP contribution in [0.5, 0.6) is 5.75 Å². The standard InChI is InChI=1S/C18H23FN4O/c1-24-18-5-4-15(11-17(18)19)13-22-7-9-23(10-8-22)14-16(12-21)3-2-6-20/h4-5,11,16H,2-3,7-10,13-14H2,1H3. The summed E-state index contributed by atoms with van der Waals surface area (Å²) in [7, 11) is 1.46.